The van der Waals surface area contributed by atoms with Gasteiger partial charge >= 0.3 is 0 Å². The van der Waals surface area contributed by atoms with Crippen LogP contribution >= 0.6 is 34.4 Å². The minimum Gasteiger partial charge on any atom is -0.496 e. The highest BCUT2D eigenvalue weighted by Crippen LogP contribution is 2.40. The molecule has 1 aliphatic carbocycles. The largest absolute Gasteiger partial charge is 0.496 e. The first-order valence-corrected chi connectivity index (χ1v) is 12.2. The van der Waals surface area contributed by atoms with Crippen molar-refractivity contribution in [2.75, 3.05) is 7.11 Å². The van der Waals surface area contributed by atoms with Crippen LogP contribution in [-0.2, 0) is 12.2 Å². The van der Waals surface area contributed by atoms with Crippen LogP contribution in [0.15, 0.2) is 52.3 Å². The standard InChI is InChI=1S/C21H20N4OS3/c1-26-18-7-3-2-6-17(18)20-22-14(12-28-20)13-29-21-24-23-19(25(21)15-8-9-15)11-16-5-4-10-27-16/h2-7,10,12,15H,8-9,11,13H2,1H3. The molecule has 0 aliphatic heterocycles. The molecule has 0 N–H and O–H groups in total. The molecule has 5 nitrogen and oxygen atoms in total. The number of hydrogen-bond acceptors (Lipinski definition) is 7. The Kier molecular flexibility index (Phi) is 5.39. The summed E-state index contributed by atoms with van der Waals surface area (Å²) in [7, 11) is 1.70. The lowest BCUT2D eigenvalue weighted by Crippen LogP contribution is -2.03. The van der Waals surface area contributed by atoms with Gasteiger partial charge in [0.15, 0.2) is 5.16 Å². The molecule has 3 aromatic heterocycles. The summed E-state index contributed by atoms with van der Waals surface area (Å²) in [4.78, 5) is 6.15. The highest BCUT2D eigenvalue weighted by atomic mass is 32.2. The van der Waals surface area contributed by atoms with Crippen molar-refractivity contribution in [3.8, 4) is 16.3 Å². The first kappa shape index (κ1) is 18.8. The highest BCUT2D eigenvalue weighted by molar-refractivity contribution is 7.98. The van der Waals surface area contributed by atoms with Gasteiger partial charge in [-0.2, -0.15) is 0 Å². The van der Waals surface area contributed by atoms with Crippen LogP contribution in [0.4, 0.5) is 0 Å². The third-order valence-electron chi connectivity index (χ3n) is 4.80. The summed E-state index contributed by atoms with van der Waals surface area (Å²) in [6, 6.07) is 12.8. The molecule has 1 aromatic carbocycles. The molecule has 0 saturated heterocycles. The number of ether oxygens (including phenoxy) is 1. The number of rotatable bonds is 8. The molecule has 5 rings (SSSR count). The van der Waals surface area contributed by atoms with E-state index in [9.17, 15) is 0 Å². The monoisotopic (exact) mass is 440 g/mol. The molecule has 8 heteroatoms. The van der Waals surface area contributed by atoms with Gasteiger partial charge in [-0.15, -0.1) is 32.9 Å². The van der Waals surface area contributed by atoms with Crippen molar-refractivity contribution in [2.24, 2.45) is 0 Å². The molecule has 29 heavy (non-hydrogen) atoms. The lowest BCUT2D eigenvalue weighted by molar-refractivity contribution is 0.416. The first-order chi connectivity index (χ1) is 14.3. The van der Waals surface area contributed by atoms with Gasteiger partial charge in [0, 0.05) is 28.5 Å². The van der Waals surface area contributed by atoms with Crippen molar-refractivity contribution in [2.45, 2.75) is 36.2 Å². The molecule has 3 heterocycles. The Hall–Kier alpha value is -2.16. The fourth-order valence-corrected chi connectivity index (χ4v) is 5.82. The number of benzene rings is 1. The number of aromatic nitrogens is 4. The van der Waals surface area contributed by atoms with Gasteiger partial charge in [0.1, 0.15) is 16.6 Å². The smallest absolute Gasteiger partial charge is 0.191 e. The summed E-state index contributed by atoms with van der Waals surface area (Å²) in [5.74, 6) is 2.72. The third-order valence-corrected chi connectivity index (χ3v) is 7.58. The Morgan fingerprint density at radius 3 is 2.83 bits per heavy atom. The van der Waals surface area contributed by atoms with Gasteiger partial charge in [-0.1, -0.05) is 30.0 Å². The second kappa shape index (κ2) is 8.30. The summed E-state index contributed by atoms with van der Waals surface area (Å²) in [6.45, 7) is 0. The number of nitrogens with zero attached hydrogens (tertiary/aromatic N) is 4. The van der Waals surface area contributed by atoms with E-state index < -0.39 is 0 Å². The second-order valence-corrected chi connectivity index (χ2v) is 9.72. The van der Waals surface area contributed by atoms with Crippen molar-refractivity contribution in [3.63, 3.8) is 0 Å². The number of thiophene rings is 1. The average molecular weight is 441 g/mol. The molecule has 1 aliphatic rings. The molecule has 0 atom stereocenters. The lowest BCUT2D eigenvalue weighted by atomic mass is 10.2. The zero-order valence-corrected chi connectivity index (χ0v) is 18.4. The van der Waals surface area contributed by atoms with Gasteiger partial charge < -0.3 is 9.30 Å². The fraction of sp³-hybridized carbons (Fsp3) is 0.286. The van der Waals surface area contributed by atoms with Gasteiger partial charge in [-0.25, -0.2) is 4.98 Å². The van der Waals surface area contributed by atoms with Gasteiger partial charge in [-0.3, -0.25) is 0 Å². The number of thiazole rings is 1. The summed E-state index contributed by atoms with van der Waals surface area (Å²) < 4.78 is 7.82. The zero-order valence-electron chi connectivity index (χ0n) is 15.9. The molecule has 0 spiro atoms. The van der Waals surface area contributed by atoms with E-state index in [0.29, 0.717) is 6.04 Å². The van der Waals surface area contributed by atoms with E-state index in [4.69, 9.17) is 9.72 Å². The van der Waals surface area contributed by atoms with Gasteiger partial charge in [0.05, 0.1) is 18.4 Å². The molecular formula is C21H20N4OS3. The van der Waals surface area contributed by atoms with Gasteiger partial charge in [-0.05, 0) is 36.4 Å². The molecule has 0 bridgehead atoms. The van der Waals surface area contributed by atoms with E-state index in [0.717, 1.165) is 45.2 Å². The van der Waals surface area contributed by atoms with Crippen molar-refractivity contribution in [1.29, 1.82) is 0 Å². The van der Waals surface area contributed by atoms with Crippen LogP contribution in [0.3, 0.4) is 0 Å². The molecule has 0 amide bonds. The molecule has 4 aromatic rings. The van der Waals surface area contributed by atoms with E-state index in [-0.39, 0.29) is 0 Å². The van der Waals surface area contributed by atoms with Crippen LogP contribution in [0.1, 0.15) is 35.3 Å². The number of thioether (sulfide) groups is 1. The minimum atomic E-state index is 0.557. The normalized spacial score (nSPS) is 13.7. The number of methoxy groups -OCH3 is 1. The molecule has 1 fully saturated rings. The summed E-state index contributed by atoms with van der Waals surface area (Å²) in [5, 5.41) is 15.2. The number of hydrogen-bond donors (Lipinski definition) is 0. The van der Waals surface area contributed by atoms with Crippen LogP contribution < -0.4 is 4.74 Å². The highest BCUT2D eigenvalue weighted by Gasteiger charge is 2.29. The molecule has 0 unspecified atom stereocenters. The van der Waals surface area contributed by atoms with Gasteiger partial charge in [0.25, 0.3) is 0 Å². The topological polar surface area (TPSA) is 52.8 Å². The average Bonchev–Trinajstić information content (AvgIpc) is 3.13. The van der Waals surface area contributed by atoms with Crippen molar-refractivity contribution in [3.05, 3.63) is 63.6 Å². The third kappa shape index (κ3) is 4.10. The maximum absolute atomic E-state index is 5.47. The summed E-state index contributed by atoms with van der Waals surface area (Å²) in [6.07, 6.45) is 3.30. The predicted octanol–water partition coefficient (Wildman–Crippen LogP) is 5.69. The van der Waals surface area contributed by atoms with Crippen LogP contribution in [0.2, 0.25) is 0 Å². The number of para-hydroxylation sites is 1. The Morgan fingerprint density at radius 1 is 1.14 bits per heavy atom. The van der Waals surface area contributed by atoms with Crippen molar-refractivity contribution < 1.29 is 4.74 Å². The minimum absolute atomic E-state index is 0.557. The second-order valence-electron chi connectivity index (χ2n) is 6.89. The Morgan fingerprint density at radius 2 is 2.03 bits per heavy atom. The van der Waals surface area contributed by atoms with E-state index in [1.165, 1.54) is 17.7 Å². The van der Waals surface area contributed by atoms with E-state index in [1.54, 1.807) is 41.5 Å². The first-order valence-electron chi connectivity index (χ1n) is 9.48. The fourth-order valence-electron chi connectivity index (χ4n) is 3.25. The molecular weight excluding hydrogens is 420 g/mol. The molecule has 1 saturated carbocycles. The Bertz CT molecular complexity index is 1100. The van der Waals surface area contributed by atoms with E-state index in [1.807, 2.05) is 18.2 Å². The van der Waals surface area contributed by atoms with Crippen LogP contribution in [0.25, 0.3) is 10.6 Å². The van der Waals surface area contributed by atoms with Crippen LogP contribution in [0, 0.1) is 0 Å². The maximum Gasteiger partial charge on any atom is 0.191 e. The molecule has 148 valence electrons. The van der Waals surface area contributed by atoms with Gasteiger partial charge in [0.2, 0.25) is 0 Å². The van der Waals surface area contributed by atoms with E-state index >= 15 is 0 Å². The molecule has 0 radical (unpaired) electrons. The Labute approximate surface area is 181 Å². The van der Waals surface area contributed by atoms with Crippen LogP contribution in [0.5, 0.6) is 5.75 Å². The van der Waals surface area contributed by atoms with Crippen molar-refractivity contribution >= 4 is 34.4 Å². The van der Waals surface area contributed by atoms with E-state index in [2.05, 4.69) is 43.7 Å². The predicted molar refractivity (Wildman–Crippen MR) is 119 cm³/mol. The Balaban J connectivity index is 1.32. The summed E-state index contributed by atoms with van der Waals surface area (Å²) in [5.41, 5.74) is 2.10. The quantitative estimate of drug-likeness (QED) is 0.330. The SMILES string of the molecule is COc1ccccc1-c1nc(CSc2nnc(Cc3cccs3)n2C2CC2)cs1. The lowest BCUT2D eigenvalue weighted by Gasteiger charge is -2.07. The zero-order chi connectivity index (χ0) is 19.6. The maximum atomic E-state index is 5.47. The summed E-state index contributed by atoms with van der Waals surface area (Å²) >= 11 is 5.15. The van der Waals surface area contributed by atoms with Crippen molar-refractivity contribution in [1.82, 2.24) is 19.7 Å². The van der Waals surface area contributed by atoms with Crippen LogP contribution in [-0.4, -0.2) is 26.9 Å².